The molecule has 1 fully saturated rings. The summed E-state index contributed by atoms with van der Waals surface area (Å²) in [5.41, 5.74) is 0.172. The molecule has 2 unspecified atom stereocenters. The second-order valence-electron chi connectivity index (χ2n) is 11.9. The Balaban J connectivity index is 2.18. The van der Waals surface area contributed by atoms with E-state index < -0.39 is 47.7 Å². The number of amides is 4. The van der Waals surface area contributed by atoms with Crippen molar-refractivity contribution in [3.05, 3.63) is 48.0 Å². The molecule has 11 heteroatoms. The zero-order valence-electron chi connectivity index (χ0n) is 25.4. The molecule has 1 aliphatic rings. The number of carbonyl (C=O) groups excluding carboxylic acids is 4. The van der Waals surface area contributed by atoms with E-state index in [1.165, 1.54) is 6.08 Å². The summed E-state index contributed by atoms with van der Waals surface area (Å²) in [6.45, 7) is 11.6. The summed E-state index contributed by atoms with van der Waals surface area (Å²) in [4.78, 5) is 51.9. The molecule has 1 aromatic rings. The van der Waals surface area contributed by atoms with Crippen molar-refractivity contribution in [1.82, 2.24) is 21.3 Å². The predicted molar refractivity (Wildman–Crippen MR) is 158 cm³/mol. The van der Waals surface area contributed by atoms with Crippen molar-refractivity contribution in [1.29, 1.82) is 5.26 Å². The van der Waals surface area contributed by atoms with Crippen LogP contribution in [0.3, 0.4) is 0 Å². The van der Waals surface area contributed by atoms with E-state index in [9.17, 15) is 19.2 Å². The van der Waals surface area contributed by atoms with Gasteiger partial charge in [0.25, 0.3) is 0 Å². The molecule has 0 radical (unpaired) electrons. The van der Waals surface area contributed by atoms with Crippen LogP contribution in [0.25, 0.3) is 0 Å². The fourth-order valence-electron chi connectivity index (χ4n) is 4.68. The molecule has 0 aromatic heterocycles. The monoisotopic (exact) mass is 583 g/mol. The summed E-state index contributed by atoms with van der Waals surface area (Å²) in [5.74, 6) is -1.41. The van der Waals surface area contributed by atoms with Crippen LogP contribution in [0.2, 0.25) is 0 Å². The third-order valence-electron chi connectivity index (χ3n) is 6.55. The first-order valence-corrected chi connectivity index (χ1v) is 14.4. The van der Waals surface area contributed by atoms with Crippen molar-refractivity contribution in [2.24, 2.45) is 11.8 Å². The SMILES string of the molecule is CC(C)C[C@H](NC(=O)[C@@H](NC(=O)OCc1ccccc1)C(C)OC(C)(C)C)C(=O)N[C@H](/C=C/C#N)CC1CCNC1=O. The van der Waals surface area contributed by atoms with Crippen LogP contribution in [-0.4, -0.2) is 60.2 Å². The zero-order chi connectivity index (χ0) is 31.3. The number of rotatable bonds is 14. The molecule has 42 heavy (non-hydrogen) atoms. The van der Waals surface area contributed by atoms with E-state index in [0.717, 1.165) is 5.56 Å². The Morgan fingerprint density at radius 1 is 1.10 bits per heavy atom. The number of hydrogen-bond donors (Lipinski definition) is 4. The van der Waals surface area contributed by atoms with Gasteiger partial charge in [-0.1, -0.05) is 50.3 Å². The first kappa shape index (κ1) is 34.3. The predicted octanol–water partition coefficient (Wildman–Crippen LogP) is 3.11. The normalized spacial score (nSPS) is 18.0. The maximum atomic E-state index is 13.6. The summed E-state index contributed by atoms with van der Waals surface area (Å²) in [7, 11) is 0. The van der Waals surface area contributed by atoms with Gasteiger partial charge in [-0.3, -0.25) is 14.4 Å². The van der Waals surface area contributed by atoms with Crippen molar-refractivity contribution < 1.29 is 28.7 Å². The lowest BCUT2D eigenvalue weighted by molar-refractivity contribution is -0.135. The minimum absolute atomic E-state index is 0.0184. The van der Waals surface area contributed by atoms with E-state index >= 15 is 0 Å². The van der Waals surface area contributed by atoms with Crippen LogP contribution in [0.1, 0.15) is 66.4 Å². The molecule has 4 amide bonds. The molecule has 1 aliphatic heterocycles. The van der Waals surface area contributed by atoms with Gasteiger partial charge in [0.05, 0.1) is 17.8 Å². The van der Waals surface area contributed by atoms with Gasteiger partial charge in [0.1, 0.15) is 18.7 Å². The zero-order valence-corrected chi connectivity index (χ0v) is 25.4. The van der Waals surface area contributed by atoms with E-state index in [2.05, 4.69) is 21.3 Å². The van der Waals surface area contributed by atoms with Crippen LogP contribution in [0.15, 0.2) is 42.5 Å². The molecule has 1 saturated heterocycles. The summed E-state index contributed by atoms with van der Waals surface area (Å²) in [5, 5.41) is 20.1. The van der Waals surface area contributed by atoms with Crippen LogP contribution in [0, 0.1) is 23.2 Å². The van der Waals surface area contributed by atoms with E-state index in [-0.39, 0.29) is 24.3 Å². The molecule has 4 N–H and O–H groups in total. The average molecular weight is 584 g/mol. The largest absolute Gasteiger partial charge is 0.445 e. The lowest BCUT2D eigenvalue weighted by atomic mass is 9.97. The summed E-state index contributed by atoms with van der Waals surface area (Å²) >= 11 is 0. The average Bonchev–Trinajstić information content (AvgIpc) is 3.31. The van der Waals surface area contributed by atoms with Crippen LogP contribution in [-0.2, 0) is 30.5 Å². The molecule has 0 spiro atoms. The molecule has 11 nitrogen and oxygen atoms in total. The standard InChI is InChI=1S/C31H45N5O6/c1-20(2)17-25(28(38)34-24(13-10-15-32)18-23-14-16-33-27(23)37)35-29(39)26(21(3)42-31(4,5)6)36-30(40)41-19-22-11-8-7-9-12-22/h7-13,20-21,23-26H,14,16-19H2,1-6H3,(H,33,37)(H,34,38)(H,35,39)(H,36,40)/b13-10+/t21?,23?,24-,25+,26+/m1/s1. The van der Waals surface area contributed by atoms with Gasteiger partial charge in [-0.25, -0.2) is 4.79 Å². The Kier molecular flexibility index (Phi) is 13.5. The van der Waals surface area contributed by atoms with E-state index in [1.54, 1.807) is 13.0 Å². The smallest absolute Gasteiger partial charge is 0.408 e. The van der Waals surface area contributed by atoms with E-state index in [0.29, 0.717) is 25.8 Å². The number of alkyl carbamates (subject to hydrolysis) is 1. The van der Waals surface area contributed by atoms with E-state index in [1.807, 2.05) is 71.0 Å². The lowest BCUT2D eigenvalue weighted by Crippen LogP contribution is -2.59. The number of hydrogen-bond acceptors (Lipinski definition) is 7. The second kappa shape index (κ2) is 16.5. The Morgan fingerprint density at radius 3 is 2.36 bits per heavy atom. The number of nitriles is 1. The molecule has 230 valence electrons. The van der Waals surface area contributed by atoms with Crippen LogP contribution < -0.4 is 21.3 Å². The first-order valence-electron chi connectivity index (χ1n) is 14.4. The van der Waals surface area contributed by atoms with Gasteiger partial charge >= 0.3 is 6.09 Å². The molecule has 1 heterocycles. The fourth-order valence-corrected chi connectivity index (χ4v) is 4.68. The molecule has 2 rings (SSSR count). The van der Waals surface area contributed by atoms with Crippen LogP contribution >= 0.6 is 0 Å². The maximum Gasteiger partial charge on any atom is 0.408 e. The highest BCUT2D eigenvalue weighted by atomic mass is 16.6. The van der Waals surface area contributed by atoms with Gasteiger partial charge in [-0.05, 0) is 58.4 Å². The number of nitrogens with zero attached hydrogens (tertiary/aromatic N) is 1. The van der Waals surface area contributed by atoms with Crippen molar-refractivity contribution in [3.63, 3.8) is 0 Å². The third kappa shape index (κ3) is 12.3. The Bertz CT molecular complexity index is 1120. The summed E-state index contributed by atoms with van der Waals surface area (Å²) in [6.07, 6.45) is 2.53. The fraction of sp³-hybridized carbons (Fsp3) is 0.581. The summed E-state index contributed by atoms with van der Waals surface area (Å²) < 4.78 is 11.3. The Hall–Kier alpha value is -3.91. The van der Waals surface area contributed by atoms with Crippen LogP contribution in [0.4, 0.5) is 4.79 Å². The second-order valence-corrected chi connectivity index (χ2v) is 11.9. The molecule has 0 saturated carbocycles. The number of carbonyl (C=O) groups is 4. The highest BCUT2D eigenvalue weighted by Gasteiger charge is 2.35. The van der Waals surface area contributed by atoms with Crippen molar-refractivity contribution in [3.8, 4) is 6.07 Å². The number of ether oxygens (including phenoxy) is 2. The van der Waals surface area contributed by atoms with Gasteiger partial charge < -0.3 is 30.7 Å². The molecular formula is C31H45N5O6. The van der Waals surface area contributed by atoms with E-state index in [4.69, 9.17) is 14.7 Å². The van der Waals surface area contributed by atoms with Crippen molar-refractivity contribution in [2.45, 2.75) is 97.2 Å². The number of benzene rings is 1. The Morgan fingerprint density at radius 2 is 1.79 bits per heavy atom. The summed E-state index contributed by atoms with van der Waals surface area (Å²) in [6, 6.07) is 8.37. The van der Waals surface area contributed by atoms with Gasteiger partial charge in [0.15, 0.2) is 0 Å². The third-order valence-corrected chi connectivity index (χ3v) is 6.55. The van der Waals surface area contributed by atoms with Gasteiger partial charge in [0, 0.05) is 24.6 Å². The number of allylic oxidation sites excluding steroid dienone is 1. The molecule has 5 atom stereocenters. The molecule has 0 aliphatic carbocycles. The van der Waals surface area contributed by atoms with Crippen molar-refractivity contribution in [2.75, 3.05) is 6.54 Å². The molecule has 1 aromatic carbocycles. The van der Waals surface area contributed by atoms with Gasteiger partial charge in [-0.15, -0.1) is 0 Å². The van der Waals surface area contributed by atoms with Crippen LogP contribution in [0.5, 0.6) is 0 Å². The quantitative estimate of drug-likeness (QED) is 0.245. The topological polar surface area (TPSA) is 159 Å². The van der Waals surface area contributed by atoms with Gasteiger partial charge in [0.2, 0.25) is 17.7 Å². The molecular weight excluding hydrogens is 538 g/mol. The van der Waals surface area contributed by atoms with Crippen molar-refractivity contribution >= 4 is 23.8 Å². The Labute approximate surface area is 248 Å². The maximum absolute atomic E-state index is 13.6. The number of nitrogens with one attached hydrogen (secondary N) is 4. The highest BCUT2D eigenvalue weighted by Crippen LogP contribution is 2.18. The highest BCUT2D eigenvalue weighted by molar-refractivity contribution is 5.92. The van der Waals surface area contributed by atoms with Gasteiger partial charge in [-0.2, -0.15) is 5.26 Å². The minimum Gasteiger partial charge on any atom is -0.445 e. The molecule has 0 bridgehead atoms. The lowest BCUT2D eigenvalue weighted by Gasteiger charge is -2.32. The first-order chi connectivity index (χ1) is 19.8. The minimum atomic E-state index is -1.16.